The lowest BCUT2D eigenvalue weighted by molar-refractivity contribution is -0.168. The van der Waals surface area contributed by atoms with E-state index in [4.69, 9.17) is 4.84 Å². The molecule has 1 fully saturated rings. The molecule has 0 radical (unpaired) electrons. The van der Waals surface area contributed by atoms with Crippen molar-refractivity contribution in [1.82, 2.24) is 5.06 Å². The number of rotatable bonds is 3. The van der Waals surface area contributed by atoms with Gasteiger partial charge in [-0.3, -0.25) is 9.63 Å². The first-order chi connectivity index (χ1) is 7.75. The van der Waals surface area contributed by atoms with Gasteiger partial charge in [0, 0.05) is 6.42 Å². The predicted octanol–water partition coefficient (Wildman–Crippen LogP) is 2.09. The summed E-state index contributed by atoms with van der Waals surface area (Å²) in [7, 11) is 0. The Labute approximate surface area is 96.0 Å². The Bertz CT molecular complexity index is 353. The van der Waals surface area contributed by atoms with Gasteiger partial charge in [-0.1, -0.05) is 29.8 Å². The van der Waals surface area contributed by atoms with Crippen LogP contribution in [0, 0.1) is 6.92 Å². The summed E-state index contributed by atoms with van der Waals surface area (Å²) in [6, 6.07) is 8.30. The molecule has 0 saturated carbocycles. The van der Waals surface area contributed by atoms with Crippen LogP contribution in [0.5, 0.6) is 0 Å². The second kappa shape index (κ2) is 5.12. The van der Waals surface area contributed by atoms with E-state index in [-0.39, 0.29) is 5.91 Å². The average molecular weight is 219 g/mol. The van der Waals surface area contributed by atoms with Crippen molar-refractivity contribution >= 4 is 5.91 Å². The number of carbonyl (C=O) groups excluding carboxylic acids is 1. The van der Waals surface area contributed by atoms with Gasteiger partial charge in [0.2, 0.25) is 5.91 Å². The predicted molar refractivity (Wildman–Crippen MR) is 61.8 cm³/mol. The van der Waals surface area contributed by atoms with Crippen molar-refractivity contribution in [1.29, 1.82) is 0 Å². The van der Waals surface area contributed by atoms with Crippen LogP contribution in [0.1, 0.15) is 24.0 Å². The van der Waals surface area contributed by atoms with E-state index in [1.165, 1.54) is 16.2 Å². The Morgan fingerprint density at radius 1 is 1.38 bits per heavy atom. The van der Waals surface area contributed by atoms with Crippen molar-refractivity contribution in [3.05, 3.63) is 35.4 Å². The molecule has 3 heteroatoms. The molecule has 16 heavy (non-hydrogen) atoms. The van der Waals surface area contributed by atoms with Crippen molar-refractivity contribution in [2.24, 2.45) is 0 Å². The number of hydroxylamine groups is 2. The van der Waals surface area contributed by atoms with Crippen LogP contribution in [0.4, 0.5) is 0 Å². The molecule has 1 saturated heterocycles. The first kappa shape index (κ1) is 11.1. The molecule has 0 bridgehead atoms. The summed E-state index contributed by atoms with van der Waals surface area (Å²) in [5, 5.41) is 1.49. The lowest BCUT2D eigenvalue weighted by atomic mass is 10.1. The normalized spacial score (nSPS) is 15.4. The third kappa shape index (κ3) is 2.83. The summed E-state index contributed by atoms with van der Waals surface area (Å²) in [5.41, 5.74) is 2.45. The van der Waals surface area contributed by atoms with Crippen LogP contribution in [0.3, 0.4) is 0 Å². The SMILES string of the molecule is Cc1ccc(CCC(=O)N2CCCO2)cc1. The zero-order chi connectivity index (χ0) is 11.4. The molecule has 1 aliphatic heterocycles. The zero-order valence-electron chi connectivity index (χ0n) is 9.61. The van der Waals surface area contributed by atoms with Gasteiger partial charge in [0.1, 0.15) is 0 Å². The Balaban J connectivity index is 1.82. The molecule has 1 aromatic rings. The molecule has 0 N–H and O–H groups in total. The van der Waals surface area contributed by atoms with Crippen molar-refractivity contribution in [3.63, 3.8) is 0 Å². The van der Waals surface area contributed by atoms with Gasteiger partial charge in [-0.05, 0) is 25.3 Å². The van der Waals surface area contributed by atoms with Crippen LogP contribution in [0.25, 0.3) is 0 Å². The molecular formula is C13H17NO2. The standard InChI is InChI=1S/C13H17NO2/c1-11-3-5-12(6-4-11)7-8-13(15)14-9-2-10-16-14/h3-6H,2,7-10H2,1H3. The van der Waals surface area contributed by atoms with Crippen molar-refractivity contribution in [2.75, 3.05) is 13.2 Å². The maximum atomic E-state index is 11.7. The molecule has 3 nitrogen and oxygen atoms in total. The summed E-state index contributed by atoms with van der Waals surface area (Å²) in [4.78, 5) is 16.9. The Hall–Kier alpha value is -1.35. The number of amides is 1. The highest BCUT2D eigenvalue weighted by atomic mass is 16.7. The van der Waals surface area contributed by atoms with Gasteiger partial charge >= 0.3 is 0 Å². The third-order valence-electron chi connectivity index (χ3n) is 2.78. The van der Waals surface area contributed by atoms with Gasteiger partial charge in [-0.25, -0.2) is 5.06 Å². The van der Waals surface area contributed by atoms with E-state index >= 15 is 0 Å². The number of aryl methyl sites for hydroxylation is 2. The van der Waals surface area contributed by atoms with E-state index in [2.05, 4.69) is 31.2 Å². The molecule has 86 valence electrons. The summed E-state index contributed by atoms with van der Waals surface area (Å²) in [6.07, 6.45) is 2.28. The first-order valence-electron chi connectivity index (χ1n) is 5.74. The Morgan fingerprint density at radius 2 is 2.12 bits per heavy atom. The fourth-order valence-corrected chi connectivity index (χ4v) is 1.77. The summed E-state index contributed by atoms with van der Waals surface area (Å²) in [6.45, 7) is 3.48. The van der Waals surface area contributed by atoms with Crippen LogP contribution < -0.4 is 0 Å². The maximum absolute atomic E-state index is 11.7. The third-order valence-corrected chi connectivity index (χ3v) is 2.78. The van der Waals surface area contributed by atoms with E-state index in [1.807, 2.05) is 0 Å². The topological polar surface area (TPSA) is 29.5 Å². The molecule has 0 aromatic heterocycles. The second-order valence-electron chi connectivity index (χ2n) is 4.17. The van der Waals surface area contributed by atoms with Gasteiger partial charge in [0.05, 0.1) is 13.2 Å². The lowest BCUT2D eigenvalue weighted by Crippen LogP contribution is -2.26. The molecule has 0 atom stereocenters. The number of carbonyl (C=O) groups is 1. The Morgan fingerprint density at radius 3 is 2.75 bits per heavy atom. The fourth-order valence-electron chi connectivity index (χ4n) is 1.77. The van der Waals surface area contributed by atoms with Gasteiger partial charge < -0.3 is 0 Å². The molecule has 2 rings (SSSR count). The smallest absolute Gasteiger partial charge is 0.246 e. The molecule has 0 aliphatic carbocycles. The van der Waals surface area contributed by atoms with Gasteiger partial charge in [0.25, 0.3) is 0 Å². The van der Waals surface area contributed by atoms with Crippen LogP contribution in [0.2, 0.25) is 0 Å². The van der Waals surface area contributed by atoms with Crippen LogP contribution in [0.15, 0.2) is 24.3 Å². The summed E-state index contributed by atoms with van der Waals surface area (Å²) in [5.74, 6) is 0.0954. The molecule has 1 heterocycles. The highest BCUT2D eigenvalue weighted by molar-refractivity contribution is 5.75. The fraction of sp³-hybridized carbons (Fsp3) is 0.462. The van der Waals surface area contributed by atoms with Gasteiger partial charge in [-0.2, -0.15) is 0 Å². The van der Waals surface area contributed by atoms with E-state index in [9.17, 15) is 4.79 Å². The van der Waals surface area contributed by atoms with E-state index in [1.54, 1.807) is 0 Å². The maximum Gasteiger partial charge on any atom is 0.246 e. The lowest BCUT2D eigenvalue weighted by Gasteiger charge is -2.13. The quantitative estimate of drug-likeness (QED) is 0.779. The van der Waals surface area contributed by atoms with Crippen molar-refractivity contribution in [2.45, 2.75) is 26.2 Å². The van der Waals surface area contributed by atoms with Crippen LogP contribution in [-0.4, -0.2) is 24.1 Å². The van der Waals surface area contributed by atoms with E-state index in [0.717, 1.165) is 19.4 Å². The molecule has 1 aromatic carbocycles. The molecule has 0 unspecified atom stereocenters. The van der Waals surface area contributed by atoms with E-state index < -0.39 is 0 Å². The minimum absolute atomic E-state index is 0.0954. The highest BCUT2D eigenvalue weighted by Gasteiger charge is 2.18. The number of hydrogen-bond donors (Lipinski definition) is 0. The summed E-state index contributed by atoms with van der Waals surface area (Å²) >= 11 is 0. The van der Waals surface area contributed by atoms with Gasteiger partial charge in [-0.15, -0.1) is 0 Å². The van der Waals surface area contributed by atoms with E-state index in [0.29, 0.717) is 13.0 Å². The summed E-state index contributed by atoms with van der Waals surface area (Å²) < 4.78 is 0. The number of benzene rings is 1. The minimum atomic E-state index is 0.0954. The van der Waals surface area contributed by atoms with Gasteiger partial charge in [0.15, 0.2) is 0 Å². The monoisotopic (exact) mass is 219 g/mol. The number of nitrogens with zero attached hydrogens (tertiary/aromatic N) is 1. The molecule has 1 amide bonds. The molecular weight excluding hydrogens is 202 g/mol. The van der Waals surface area contributed by atoms with Crippen molar-refractivity contribution < 1.29 is 9.63 Å². The van der Waals surface area contributed by atoms with Crippen LogP contribution >= 0.6 is 0 Å². The number of hydrogen-bond acceptors (Lipinski definition) is 2. The molecule has 0 spiro atoms. The van der Waals surface area contributed by atoms with Crippen LogP contribution in [-0.2, 0) is 16.1 Å². The second-order valence-corrected chi connectivity index (χ2v) is 4.17. The first-order valence-corrected chi connectivity index (χ1v) is 5.74. The highest BCUT2D eigenvalue weighted by Crippen LogP contribution is 2.10. The minimum Gasteiger partial charge on any atom is -0.273 e. The molecule has 1 aliphatic rings. The zero-order valence-corrected chi connectivity index (χ0v) is 9.61. The average Bonchev–Trinajstić information content (AvgIpc) is 2.81. The van der Waals surface area contributed by atoms with Crippen molar-refractivity contribution in [3.8, 4) is 0 Å². The largest absolute Gasteiger partial charge is 0.273 e. The Kier molecular flexibility index (Phi) is 3.57.